The lowest BCUT2D eigenvalue weighted by Gasteiger charge is -2.37. The largest absolute Gasteiger partial charge is 0.414 e. The first-order valence-corrected chi connectivity index (χ1v) is 11.6. The van der Waals surface area contributed by atoms with Crippen molar-refractivity contribution in [3.63, 3.8) is 0 Å². The van der Waals surface area contributed by atoms with Gasteiger partial charge < -0.3 is 19.0 Å². The number of aliphatic hydroxyl groups is 1. The first-order chi connectivity index (χ1) is 10.9. The molecular weight excluding hydrogens is 320 g/mol. The van der Waals surface area contributed by atoms with Crippen LogP contribution in [-0.2, 0) is 13.9 Å². The molecule has 1 aliphatic rings. The average Bonchev–Trinajstić information content (AvgIpc) is 2.79. The lowest BCUT2D eigenvalue weighted by Crippen LogP contribution is -2.44. The van der Waals surface area contributed by atoms with E-state index in [2.05, 4.69) is 33.9 Å². The highest BCUT2D eigenvalue weighted by Crippen LogP contribution is 2.39. The van der Waals surface area contributed by atoms with Gasteiger partial charge in [0.05, 0.1) is 6.61 Å². The van der Waals surface area contributed by atoms with Crippen molar-refractivity contribution < 1.29 is 19.0 Å². The highest BCUT2D eigenvalue weighted by Gasteiger charge is 2.47. The summed E-state index contributed by atoms with van der Waals surface area (Å²) in [5.74, 6) is -0.720. The van der Waals surface area contributed by atoms with E-state index in [0.717, 1.165) is 5.56 Å². The van der Waals surface area contributed by atoms with Crippen molar-refractivity contribution >= 4 is 8.32 Å². The summed E-state index contributed by atoms with van der Waals surface area (Å²) in [6, 6.07) is 9.59. The first-order valence-electron chi connectivity index (χ1n) is 8.65. The maximum absolute atomic E-state index is 10.8. The molecule has 4 nitrogen and oxygen atoms in total. The van der Waals surface area contributed by atoms with Crippen LogP contribution >= 0.6 is 0 Å². The predicted molar refractivity (Wildman–Crippen MR) is 98.4 cm³/mol. The van der Waals surface area contributed by atoms with Gasteiger partial charge in [0.15, 0.2) is 14.1 Å². The van der Waals surface area contributed by atoms with Crippen LogP contribution in [0.2, 0.25) is 18.1 Å². The van der Waals surface area contributed by atoms with E-state index in [1.807, 2.05) is 44.2 Å². The van der Waals surface area contributed by atoms with Crippen molar-refractivity contribution in [3.05, 3.63) is 35.9 Å². The first kappa shape index (κ1) is 19.6. The van der Waals surface area contributed by atoms with Crippen molar-refractivity contribution in [3.8, 4) is 0 Å². The summed E-state index contributed by atoms with van der Waals surface area (Å²) in [7, 11) is -1.88. The quantitative estimate of drug-likeness (QED) is 0.804. The maximum atomic E-state index is 10.8. The van der Waals surface area contributed by atoms with E-state index in [9.17, 15) is 5.11 Å². The molecule has 0 aromatic heterocycles. The van der Waals surface area contributed by atoms with Gasteiger partial charge in [0.25, 0.3) is 0 Å². The molecule has 1 saturated heterocycles. The molecule has 1 aliphatic heterocycles. The molecule has 0 aliphatic carbocycles. The summed E-state index contributed by atoms with van der Waals surface area (Å²) in [5.41, 5.74) is 0.834. The predicted octanol–water partition coefficient (Wildman–Crippen LogP) is 4.26. The molecule has 1 N–H and O–H groups in total. The normalized spacial score (nSPS) is 25.7. The Labute approximate surface area is 147 Å². The monoisotopic (exact) mass is 352 g/mol. The molecule has 3 atom stereocenters. The molecule has 0 unspecified atom stereocenters. The number of hydrogen-bond donors (Lipinski definition) is 1. The number of ether oxygens (including phenoxy) is 2. The van der Waals surface area contributed by atoms with Crippen LogP contribution in [0.4, 0.5) is 0 Å². The molecule has 136 valence electrons. The van der Waals surface area contributed by atoms with Gasteiger partial charge in [-0.05, 0) is 37.5 Å². The molecule has 0 spiro atoms. The summed E-state index contributed by atoms with van der Waals surface area (Å²) in [4.78, 5) is 0. The second-order valence-corrected chi connectivity index (χ2v) is 13.4. The molecule has 24 heavy (non-hydrogen) atoms. The average molecular weight is 353 g/mol. The number of benzene rings is 1. The molecule has 0 saturated carbocycles. The fourth-order valence-electron chi connectivity index (χ4n) is 2.61. The molecule has 1 fully saturated rings. The number of aliphatic hydroxyl groups excluding tert-OH is 1. The van der Waals surface area contributed by atoms with E-state index in [1.54, 1.807) is 0 Å². The van der Waals surface area contributed by atoms with Crippen LogP contribution in [0.1, 0.15) is 46.3 Å². The fourth-order valence-corrected chi connectivity index (χ4v) is 3.62. The minimum Gasteiger partial charge on any atom is -0.414 e. The summed E-state index contributed by atoms with van der Waals surface area (Å²) in [6.45, 7) is 15.3. The van der Waals surface area contributed by atoms with Gasteiger partial charge >= 0.3 is 0 Å². The lowest BCUT2D eigenvalue weighted by molar-refractivity contribution is -0.157. The van der Waals surface area contributed by atoms with Crippen molar-refractivity contribution in [1.29, 1.82) is 0 Å². The number of rotatable bonds is 5. The van der Waals surface area contributed by atoms with Gasteiger partial charge in [0.2, 0.25) is 0 Å². The Morgan fingerprint density at radius 2 is 1.75 bits per heavy atom. The van der Waals surface area contributed by atoms with Gasteiger partial charge in [0.1, 0.15) is 18.3 Å². The highest BCUT2D eigenvalue weighted by atomic mass is 28.4. The van der Waals surface area contributed by atoms with Crippen LogP contribution in [0, 0.1) is 0 Å². The SMILES string of the molecule is CC1(C)O[C@@H]([C@@H](O)c2ccccc2)[C@@H](CO[Si](C)(C)C(C)(C)C)O1. The zero-order valence-corrected chi connectivity index (χ0v) is 17.0. The zero-order valence-electron chi connectivity index (χ0n) is 16.0. The van der Waals surface area contributed by atoms with Crippen LogP contribution in [0.3, 0.4) is 0 Å². The maximum Gasteiger partial charge on any atom is 0.192 e. The topological polar surface area (TPSA) is 47.9 Å². The van der Waals surface area contributed by atoms with E-state index in [0.29, 0.717) is 6.61 Å². The molecule has 1 aromatic carbocycles. The molecule has 0 amide bonds. The van der Waals surface area contributed by atoms with Gasteiger partial charge in [0, 0.05) is 0 Å². The minimum absolute atomic E-state index is 0.134. The second-order valence-electron chi connectivity index (χ2n) is 8.57. The Morgan fingerprint density at radius 1 is 1.17 bits per heavy atom. The minimum atomic E-state index is -1.88. The van der Waals surface area contributed by atoms with Gasteiger partial charge in [-0.1, -0.05) is 51.1 Å². The van der Waals surface area contributed by atoms with Gasteiger partial charge in [-0.15, -0.1) is 0 Å². The Balaban J connectivity index is 2.12. The number of hydrogen-bond acceptors (Lipinski definition) is 4. The highest BCUT2D eigenvalue weighted by molar-refractivity contribution is 6.74. The van der Waals surface area contributed by atoms with Crippen molar-refractivity contribution in [2.75, 3.05) is 6.61 Å². The van der Waals surface area contributed by atoms with Crippen molar-refractivity contribution in [2.24, 2.45) is 0 Å². The summed E-state index contributed by atoms with van der Waals surface area (Å²) in [6.07, 6.45) is -1.46. The molecule has 2 rings (SSSR count). The second kappa shape index (κ2) is 6.88. The zero-order chi connectivity index (χ0) is 18.2. The summed E-state index contributed by atoms with van der Waals surface area (Å²) in [5, 5.41) is 10.9. The Hall–Kier alpha value is -0.723. The smallest absolute Gasteiger partial charge is 0.192 e. The van der Waals surface area contributed by atoms with Gasteiger partial charge in [-0.25, -0.2) is 0 Å². The van der Waals surface area contributed by atoms with E-state index in [1.165, 1.54) is 0 Å². The summed E-state index contributed by atoms with van der Waals surface area (Å²) >= 11 is 0. The van der Waals surface area contributed by atoms with Crippen LogP contribution in [0.15, 0.2) is 30.3 Å². The van der Waals surface area contributed by atoms with E-state index >= 15 is 0 Å². The molecule has 5 heteroatoms. The van der Waals surface area contributed by atoms with E-state index in [4.69, 9.17) is 13.9 Å². The third-order valence-corrected chi connectivity index (χ3v) is 9.59. The van der Waals surface area contributed by atoms with Gasteiger partial charge in [-0.2, -0.15) is 0 Å². The van der Waals surface area contributed by atoms with Crippen LogP contribution in [-0.4, -0.2) is 38.0 Å². The van der Waals surface area contributed by atoms with Crippen molar-refractivity contribution in [1.82, 2.24) is 0 Å². The third kappa shape index (κ3) is 4.46. The standard InChI is InChI=1S/C19H32O4Si/c1-18(2,3)24(6,7)21-13-15-17(23-19(4,5)22-15)16(20)14-11-9-8-10-12-14/h8-12,15-17,20H,13H2,1-7H3/t15-,16+,17-/m1/s1. The van der Waals surface area contributed by atoms with E-state index in [-0.39, 0.29) is 11.1 Å². The van der Waals surface area contributed by atoms with Gasteiger partial charge in [-0.3, -0.25) is 0 Å². The van der Waals surface area contributed by atoms with E-state index < -0.39 is 26.3 Å². The van der Waals surface area contributed by atoms with Crippen molar-refractivity contribution in [2.45, 2.75) is 76.8 Å². The lowest BCUT2D eigenvalue weighted by atomic mass is 10.0. The Bertz CT molecular complexity index is 536. The Morgan fingerprint density at radius 3 is 2.29 bits per heavy atom. The van der Waals surface area contributed by atoms with Crippen LogP contribution in [0.25, 0.3) is 0 Å². The molecule has 1 aromatic rings. The third-order valence-electron chi connectivity index (χ3n) is 5.09. The van der Waals surface area contributed by atoms with Crippen LogP contribution < -0.4 is 0 Å². The van der Waals surface area contributed by atoms with Crippen LogP contribution in [0.5, 0.6) is 0 Å². The summed E-state index contributed by atoms with van der Waals surface area (Å²) < 4.78 is 18.3. The molecule has 0 bridgehead atoms. The fraction of sp³-hybridized carbons (Fsp3) is 0.684. The molecular formula is C19H32O4Si. The molecule has 0 radical (unpaired) electrons. The molecule has 1 heterocycles. The Kier molecular flexibility index (Phi) is 5.62.